The second-order valence-corrected chi connectivity index (χ2v) is 6.38. The van der Waals surface area contributed by atoms with Crippen LogP contribution in [-0.2, 0) is 11.8 Å². The summed E-state index contributed by atoms with van der Waals surface area (Å²) < 4.78 is 7.39. The van der Waals surface area contributed by atoms with Crippen molar-refractivity contribution in [2.75, 3.05) is 19.7 Å². The number of pyridine rings is 1. The van der Waals surface area contributed by atoms with E-state index in [9.17, 15) is 4.79 Å². The lowest BCUT2D eigenvalue weighted by Crippen LogP contribution is -2.42. The number of halogens is 1. The summed E-state index contributed by atoms with van der Waals surface area (Å²) in [6.07, 6.45) is 1.41. The molecule has 1 aliphatic rings. The Bertz CT molecular complexity index is 924. The Balaban J connectivity index is 1.55. The van der Waals surface area contributed by atoms with Gasteiger partial charge in [-0.1, -0.05) is 28.9 Å². The van der Waals surface area contributed by atoms with Crippen molar-refractivity contribution in [3.8, 4) is 0 Å². The van der Waals surface area contributed by atoms with Crippen LogP contribution in [-0.4, -0.2) is 50.5 Å². The van der Waals surface area contributed by atoms with Crippen LogP contribution in [0.5, 0.6) is 0 Å². The standard InChI is InChI=1S/C17H16ClN5O2/c1-22-16-14(20-21-22)8-12(9-19-16)17(24)23-6-7-25-15(10-23)11-2-4-13(18)5-3-11/h2-5,8-9,15H,6-7,10H2,1H3. The molecule has 3 heterocycles. The van der Waals surface area contributed by atoms with Gasteiger partial charge in [-0.2, -0.15) is 0 Å². The Hall–Kier alpha value is -2.51. The third kappa shape index (κ3) is 3.08. The van der Waals surface area contributed by atoms with Gasteiger partial charge in [0.05, 0.1) is 18.7 Å². The number of carbonyl (C=O) groups is 1. The molecule has 7 nitrogen and oxygen atoms in total. The van der Waals surface area contributed by atoms with Crippen molar-refractivity contribution in [3.63, 3.8) is 0 Å². The number of morpholine rings is 1. The predicted octanol–water partition coefficient (Wildman–Crippen LogP) is 2.23. The fourth-order valence-corrected chi connectivity index (χ4v) is 3.06. The van der Waals surface area contributed by atoms with Crippen LogP contribution in [0.3, 0.4) is 0 Å². The van der Waals surface area contributed by atoms with Gasteiger partial charge in [-0.15, -0.1) is 5.10 Å². The molecule has 1 amide bonds. The van der Waals surface area contributed by atoms with Gasteiger partial charge >= 0.3 is 0 Å². The first-order valence-electron chi connectivity index (χ1n) is 7.93. The molecule has 0 radical (unpaired) electrons. The van der Waals surface area contributed by atoms with Crippen LogP contribution in [0.2, 0.25) is 5.02 Å². The summed E-state index contributed by atoms with van der Waals surface area (Å²) in [6, 6.07) is 9.23. The van der Waals surface area contributed by atoms with E-state index < -0.39 is 0 Å². The monoisotopic (exact) mass is 357 g/mol. The summed E-state index contributed by atoms with van der Waals surface area (Å²) in [7, 11) is 1.77. The van der Waals surface area contributed by atoms with Crippen molar-refractivity contribution in [2.24, 2.45) is 7.05 Å². The average Bonchev–Trinajstić information content (AvgIpc) is 3.02. The molecule has 0 saturated carbocycles. The summed E-state index contributed by atoms with van der Waals surface area (Å²) in [4.78, 5) is 18.9. The Morgan fingerprint density at radius 2 is 2.12 bits per heavy atom. The highest BCUT2D eigenvalue weighted by Crippen LogP contribution is 2.25. The average molecular weight is 358 g/mol. The number of rotatable bonds is 2. The molecule has 128 valence electrons. The van der Waals surface area contributed by atoms with E-state index in [0.717, 1.165) is 5.56 Å². The van der Waals surface area contributed by atoms with Crippen LogP contribution in [0, 0.1) is 0 Å². The minimum absolute atomic E-state index is 0.0812. The third-order valence-electron chi connectivity index (χ3n) is 4.28. The molecule has 1 aromatic carbocycles. The van der Waals surface area contributed by atoms with Crippen LogP contribution in [0.25, 0.3) is 11.2 Å². The van der Waals surface area contributed by atoms with Gasteiger partial charge in [0, 0.05) is 24.8 Å². The lowest BCUT2D eigenvalue weighted by Gasteiger charge is -2.33. The summed E-state index contributed by atoms with van der Waals surface area (Å²) in [5.41, 5.74) is 2.77. The van der Waals surface area contributed by atoms with Crippen LogP contribution in [0.15, 0.2) is 36.5 Å². The van der Waals surface area contributed by atoms with Crippen LogP contribution in [0.4, 0.5) is 0 Å². The smallest absolute Gasteiger partial charge is 0.255 e. The number of hydrogen-bond acceptors (Lipinski definition) is 5. The second kappa shape index (κ2) is 6.42. The molecule has 0 N–H and O–H groups in total. The zero-order valence-electron chi connectivity index (χ0n) is 13.6. The number of fused-ring (bicyclic) bond motifs is 1. The minimum atomic E-state index is -0.164. The largest absolute Gasteiger partial charge is 0.370 e. The van der Waals surface area contributed by atoms with Gasteiger partial charge in [0.1, 0.15) is 11.6 Å². The number of amides is 1. The summed E-state index contributed by atoms with van der Waals surface area (Å²) in [6.45, 7) is 1.51. The zero-order chi connectivity index (χ0) is 17.4. The first-order valence-corrected chi connectivity index (χ1v) is 8.31. The maximum atomic E-state index is 12.8. The van der Waals surface area contributed by atoms with E-state index in [1.807, 2.05) is 24.3 Å². The van der Waals surface area contributed by atoms with E-state index in [4.69, 9.17) is 16.3 Å². The van der Waals surface area contributed by atoms with Crippen molar-refractivity contribution in [2.45, 2.75) is 6.10 Å². The number of carbonyl (C=O) groups excluding carboxylic acids is 1. The van der Waals surface area contributed by atoms with Gasteiger partial charge in [-0.05, 0) is 23.8 Å². The zero-order valence-corrected chi connectivity index (χ0v) is 14.3. The molecule has 25 heavy (non-hydrogen) atoms. The molecule has 0 bridgehead atoms. The number of nitrogens with zero attached hydrogens (tertiary/aromatic N) is 5. The van der Waals surface area contributed by atoms with E-state index in [2.05, 4.69) is 15.3 Å². The highest BCUT2D eigenvalue weighted by Gasteiger charge is 2.26. The molecule has 2 aromatic heterocycles. The normalized spacial score (nSPS) is 17.8. The Labute approximate surface area is 149 Å². The molecular weight excluding hydrogens is 342 g/mol. The van der Waals surface area contributed by atoms with Crippen molar-refractivity contribution < 1.29 is 9.53 Å². The Morgan fingerprint density at radius 3 is 2.92 bits per heavy atom. The van der Waals surface area contributed by atoms with Gasteiger partial charge < -0.3 is 9.64 Å². The van der Waals surface area contributed by atoms with Crippen LogP contribution < -0.4 is 0 Å². The molecule has 4 rings (SSSR count). The number of aromatic nitrogens is 4. The number of hydrogen-bond donors (Lipinski definition) is 0. The lowest BCUT2D eigenvalue weighted by atomic mass is 10.1. The van der Waals surface area contributed by atoms with E-state index in [1.165, 1.54) is 0 Å². The maximum absolute atomic E-state index is 12.8. The van der Waals surface area contributed by atoms with E-state index in [1.54, 1.807) is 28.9 Å². The molecule has 1 fully saturated rings. The molecule has 0 spiro atoms. The fourth-order valence-electron chi connectivity index (χ4n) is 2.94. The predicted molar refractivity (Wildman–Crippen MR) is 92.4 cm³/mol. The SMILES string of the molecule is Cn1nnc2cc(C(=O)N3CCOC(c4ccc(Cl)cc4)C3)cnc21. The van der Waals surface area contributed by atoms with Crippen molar-refractivity contribution in [1.82, 2.24) is 24.9 Å². The van der Waals surface area contributed by atoms with Crippen molar-refractivity contribution in [1.29, 1.82) is 0 Å². The molecular formula is C17H16ClN5O2. The summed E-state index contributed by atoms with van der Waals surface area (Å²) >= 11 is 5.93. The summed E-state index contributed by atoms with van der Waals surface area (Å²) in [5, 5.41) is 8.61. The van der Waals surface area contributed by atoms with E-state index in [-0.39, 0.29) is 12.0 Å². The number of aryl methyl sites for hydroxylation is 1. The molecule has 8 heteroatoms. The van der Waals surface area contributed by atoms with Gasteiger partial charge in [-0.25, -0.2) is 9.67 Å². The van der Waals surface area contributed by atoms with Crippen LogP contribution in [0.1, 0.15) is 22.0 Å². The highest BCUT2D eigenvalue weighted by molar-refractivity contribution is 6.30. The fraction of sp³-hybridized carbons (Fsp3) is 0.294. The molecule has 0 aliphatic carbocycles. The number of ether oxygens (including phenoxy) is 1. The third-order valence-corrected chi connectivity index (χ3v) is 4.53. The molecule has 1 saturated heterocycles. The molecule has 3 aromatic rings. The summed E-state index contributed by atoms with van der Waals surface area (Å²) in [5.74, 6) is -0.0812. The first-order chi connectivity index (χ1) is 12.1. The van der Waals surface area contributed by atoms with Gasteiger partial charge in [0.25, 0.3) is 5.91 Å². The van der Waals surface area contributed by atoms with Gasteiger partial charge in [-0.3, -0.25) is 4.79 Å². The van der Waals surface area contributed by atoms with Gasteiger partial charge in [0.15, 0.2) is 5.65 Å². The van der Waals surface area contributed by atoms with Crippen molar-refractivity contribution >= 4 is 28.7 Å². The Morgan fingerprint density at radius 1 is 1.32 bits per heavy atom. The lowest BCUT2D eigenvalue weighted by molar-refractivity contribution is -0.0228. The van der Waals surface area contributed by atoms with E-state index >= 15 is 0 Å². The minimum Gasteiger partial charge on any atom is -0.370 e. The Kier molecular flexibility index (Phi) is 4.10. The molecule has 1 atom stereocenters. The topological polar surface area (TPSA) is 73.1 Å². The number of benzene rings is 1. The second-order valence-electron chi connectivity index (χ2n) is 5.94. The quantitative estimate of drug-likeness (QED) is 0.703. The van der Waals surface area contributed by atoms with E-state index in [0.29, 0.717) is 41.4 Å². The van der Waals surface area contributed by atoms with Gasteiger partial charge in [0.2, 0.25) is 0 Å². The maximum Gasteiger partial charge on any atom is 0.255 e. The highest BCUT2D eigenvalue weighted by atomic mass is 35.5. The van der Waals surface area contributed by atoms with Crippen LogP contribution >= 0.6 is 11.6 Å². The first kappa shape index (κ1) is 16.0. The van der Waals surface area contributed by atoms with Crippen molar-refractivity contribution in [3.05, 3.63) is 52.7 Å². The molecule has 1 aliphatic heterocycles. The molecule has 1 unspecified atom stereocenters.